The highest BCUT2D eigenvalue weighted by molar-refractivity contribution is 6.33. The topological polar surface area (TPSA) is 72.8 Å². The smallest absolute Gasteiger partial charge is 0.309 e. The van der Waals surface area contributed by atoms with Crippen molar-refractivity contribution in [2.24, 2.45) is 5.41 Å². The SMILES string of the molecule is COc1c(CC(C)(C)C(=O)O)cc(Cl)c(C=O)c1OC. The van der Waals surface area contributed by atoms with Crippen molar-refractivity contribution in [3.05, 3.63) is 22.2 Å². The highest BCUT2D eigenvalue weighted by Gasteiger charge is 2.30. The summed E-state index contributed by atoms with van der Waals surface area (Å²) in [5.74, 6) is -0.395. The molecule has 1 aromatic carbocycles. The lowest BCUT2D eigenvalue weighted by Gasteiger charge is -2.22. The predicted molar refractivity (Wildman–Crippen MR) is 75.1 cm³/mol. The van der Waals surface area contributed by atoms with Gasteiger partial charge >= 0.3 is 5.97 Å². The summed E-state index contributed by atoms with van der Waals surface area (Å²) < 4.78 is 10.4. The van der Waals surface area contributed by atoms with Crippen molar-refractivity contribution in [1.29, 1.82) is 0 Å². The van der Waals surface area contributed by atoms with Crippen LogP contribution in [0.25, 0.3) is 0 Å². The first-order valence-electron chi connectivity index (χ1n) is 5.90. The fraction of sp³-hybridized carbons (Fsp3) is 0.429. The van der Waals surface area contributed by atoms with Crippen LogP contribution in [0.3, 0.4) is 0 Å². The average Bonchev–Trinajstić information content (AvgIpc) is 2.37. The molecule has 5 nitrogen and oxygen atoms in total. The molecule has 110 valence electrons. The maximum atomic E-state index is 11.2. The Balaban J connectivity index is 3.44. The lowest BCUT2D eigenvalue weighted by molar-refractivity contribution is -0.146. The van der Waals surface area contributed by atoms with Gasteiger partial charge in [-0.25, -0.2) is 0 Å². The maximum absolute atomic E-state index is 11.2. The molecule has 0 aliphatic carbocycles. The van der Waals surface area contributed by atoms with Crippen LogP contribution >= 0.6 is 11.6 Å². The Bertz CT molecular complexity index is 537. The fourth-order valence-electron chi connectivity index (χ4n) is 1.89. The molecule has 1 N–H and O–H groups in total. The van der Waals surface area contributed by atoms with Crippen molar-refractivity contribution < 1.29 is 24.2 Å². The van der Waals surface area contributed by atoms with E-state index in [4.69, 9.17) is 21.1 Å². The Labute approximate surface area is 122 Å². The van der Waals surface area contributed by atoms with E-state index < -0.39 is 11.4 Å². The van der Waals surface area contributed by atoms with Crippen molar-refractivity contribution in [1.82, 2.24) is 0 Å². The van der Waals surface area contributed by atoms with Gasteiger partial charge in [0.15, 0.2) is 17.8 Å². The van der Waals surface area contributed by atoms with Gasteiger partial charge in [-0.05, 0) is 26.3 Å². The number of ether oxygens (including phenoxy) is 2. The molecular formula is C14H17ClO5. The van der Waals surface area contributed by atoms with Crippen LogP contribution in [0.2, 0.25) is 5.02 Å². The first-order chi connectivity index (χ1) is 9.28. The molecule has 0 radical (unpaired) electrons. The van der Waals surface area contributed by atoms with E-state index in [0.29, 0.717) is 17.6 Å². The fourth-order valence-corrected chi connectivity index (χ4v) is 2.15. The molecule has 0 bridgehead atoms. The zero-order valence-electron chi connectivity index (χ0n) is 11.8. The Morgan fingerprint density at radius 1 is 1.35 bits per heavy atom. The van der Waals surface area contributed by atoms with Gasteiger partial charge < -0.3 is 14.6 Å². The molecule has 0 heterocycles. The lowest BCUT2D eigenvalue weighted by atomic mass is 9.85. The number of carboxylic acids is 1. The molecule has 6 heteroatoms. The van der Waals surface area contributed by atoms with Gasteiger partial charge in [-0.15, -0.1) is 0 Å². The van der Waals surface area contributed by atoms with E-state index in [1.54, 1.807) is 13.8 Å². The van der Waals surface area contributed by atoms with E-state index in [1.807, 2.05) is 0 Å². The summed E-state index contributed by atoms with van der Waals surface area (Å²) >= 11 is 6.04. The molecular weight excluding hydrogens is 284 g/mol. The largest absolute Gasteiger partial charge is 0.493 e. The van der Waals surface area contributed by atoms with Crippen molar-refractivity contribution in [3.63, 3.8) is 0 Å². The summed E-state index contributed by atoms with van der Waals surface area (Å²) in [5, 5.41) is 9.40. The normalized spacial score (nSPS) is 11.1. The molecule has 0 saturated carbocycles. The van der Waals surface area contributed by atoms with Crippen molar-refractivity contribution in [2.75, 3.05) is 14.2 Å². The van der Waals surface area contributed by atoms with Gasteiger partial charge in [-0.1, -0.05) is 11.6 Å². The Morgan fingerprint density at radius 3 is 2.30 bits per heavy atom. The number of hydrogen-bond acceptors (Lipinski definition) is 4. The maximum Gasteiger partial charge on any atom is 0.309 e. The quantitative estimate of drug-likeness (QED) is 0.818. The van der Waals surface area contributed by atoms with Gasteiger partial charge in [0.25, 0.3) is 0 Å². The lowest BCUT2D eigenvalue weighted by Crippen LogP contribution is -2.26. The van der Waals surface area contributed by atoms with Gasteiger partial charge in [0.2, 0.25) is 0 Å². The van der Waals surface area contributed by atoms with E-state index in [1.165, 1.54) is 20.3 Å². The van der Waals surface area contributed by atoms with Gasteiger partial charge in [-0.3, -0.25) is 9.59 Å². The summed E-state index contributed by atoms with van der Waals surface area (Å²) in [7, 11) is 2.82. The third kappa shape index (κ3) is 3.04. The van der Waals surface area contributed by atoms with Crippen molar-refractivity contribution in [2.45, 2.75) is 20.3 Å². The first kappa shape index (κ1) is 16.3. The van der Waals surface area contributed by atoms with E-state index in [0.717, 1.165) is 0 Å². The second kappa shape index (κ2) is 6.13. The van der Waals surface area contributed by atoms with E-state index in [-0.39, 0.29) is 22.8 Å². The highest BCUT2D eigenvalue weighted by Crippen LogP contribution is 2.40. The van der Waals surface area contributed by atoms with Crippen molar-refractivity contribution in [3.8, 4) is 11.5 Å². The van der Waals surface area contributed by atoms with Crippen LogP contribution in [0.15, 0.2) is 6.07 Å². The van der Waals surface area contributed by atoms with Crippen LogP contribution in [0.5, 0.6) is 11.5 Å². The first-order valence-corrected chi connectivity index (χ1v) is 6.28. The van der Waals surface area contributed by atoms with Gasteiger partial charge in [-0.2, -0.15) is 0 Å². The molecule has 0 aromatic heterocycles. The minimum atomic E-state index is -0.996. The molecule has 20 heavy (non-hydrogen) atoms. The van der Waals surface area contributed by atoms with Crippen LogP contribution in [0.1, 0.15) is 29.8 Å². The summed E-state index contributed by atoms with van der Waals surface area (Å²) in [6.45, 7) is 3.20. The summed E-state index contributed by atoms with van der Waals surface area (Å²) in [6, 6.07) is 1.54. The second-order valence-electron chi connectivity index (χ2n) is 4.98. The Hall–Kier alpha value is -1.75. The molecule has 0 atom stereocenters. The monoisotopic (exact) mass is 300 g/mol. The predicted octanol–water partition coefficient (Wildman–Crippen LogP) is 2.82. The van der Waals surface area contributed by atoms with E-state index in [2.05, 4.69) is 0 Å². The second-order valence-corrected chi connectivity index (χ2v) is 5.39. The molecule has 1 rings (SSSR count). The Kier molecular flexibility index (Phi) is 5.00. The zero-order chi connectivity index (χ0) is 15.5. The van der Waals surface area contributed by atoms with Crippen LogP contribution in [0, 0.1) is 5.41 Å². The molecule has 0 fully saturated rings. The number of halogens is 1. The Morgan fingerprint density at radius 2 is 1.90 bits per heavy atom. The number of methoxy groups -OCH3 is 2. The number of carboxylic acid groups (broad SMARTS) is 1. The number of hydrogen-bond donors (Lipinski definition) is 1. The number of carbonyl (C=O) groups excluding carboxylic acids is 1. The average molecular weight is 301 g/mol. The van der Waals surface area contributed by atoms with Crippen LogP contribution in [0.4, 0.5) is 0 Å². The van der Waals surface area contributed by atoms with E-state index in [9.17, 15) is 14.7 Å². The molecule has 0 saturated heterocycles. The van der Waals surface area contributed by atoms with Crippen LogP contribution in [-0.4, -0.2) is 31.6 Å². The van der Waals surface area contributed by atoms with Gasteiger partial charge in [0, 0.05) is 5.56 Å². The minimum absolute atomic E-state index is 0.183. The summed E-state index contributed by atoms with van der Waals surface area (Å²) in [4.78, 5) is 22.3. The standard InChI is InChI=1S/C14H17ClO5/c1-14(2,13(17)18)6-8-5-10(15)9(7-16)12(20-4)11(8)19-3/h5,7H,6H2,1-4H3,(H,17,18). The van der Waals surface area contributed by atoms with Crippen molar-refractivity contribution >= 4 is 23.9 Å². The third-order valence-corrected chi connectivity index (χ3v) is 3.35. The van der Waals surface area contributed by atoms with Gasteiger partial charge in [0.1, 0.15) is 0 Å². The molecule has 1 aromatic rings. The number of aldehydes is 1. The van der Waals surface area contributed by atoms with Crippen LogP contribution in [-0.2, 0) is 11.2 Å². The minimum Gasteiger partial charge on any atom is -0.493 e. The van der Waals surface area contributed by atoms with Gasteiger partial charge in [0.05, 0.1) is 30.2 Å². The number of aliphatic carboxylic acids is 1. The highest BCUT2D eigenvalue weighted by atomic mass is 35.5. The zero-order valence-corrected chi connectivity index (χ0v) is 12.6. The van der Waals surface area contributed by atoms with E-state index >= 15 is 0 Å². The number of benzene rings is 1. The summed E-state index contributed by atoms with van der Waals surface area (Å²) in [5.41, 5.74) is -0.236. The third-order valence-electron chi connectivity index (χ3n) is 3.04. The van der Waals surface area contributed by atoms with Crippen LogP contribution < -0.4 is 9.47 Å². The molecule has 0 amide bonds. The molecule has 0 spiro atoms. The number of rotatable bonds is 6. The number of carbonyl (C=O) groups is 2. The molecule has 0 unspecified atom stereocenters. The summed E-state index contributed by atoms with van der Waals surface area (Å²) in [6.07, 6.45) is 0.774. The molecule has 0 aliphatic rings. The molecule has 0 aliphatic heterocycles.